The van der Waals surface area contributed by atoms with Gasteiger partial charge in [-0.1, -0.05) is 0 Å². The van der Waals surface area contributed by atoms with E-state index in [-0.39, 0.29) is 35.9 Å². The molecule has 4 N–H and O–H groups in total. The summed E-state index contributed by atoms with van der Waals surface area (Å²) in [5.74, 6) is 0.123. The topological polar surface area (TPSA) is 93.7 Å². The van der Waals surface area contributed by atoms with Gasteiger partial charge in [0, 0.05) is 31.7 Å². The largest absolute Gasteiger partial charge is 0.392 e. The molecule has 0 spiro atoms. The van der Waals surface area contributed by atoms with Crippen molar-refractivity contribution in [1.29, 1.82) is 0 Å². The number of likely N-dealkylation sites (tertiary alicyclic amines) is 1. The van der Waals surface area contributed by atoms with Gasteiger partial charge in [0.15, 0.2) is 0 Å². The molecule has 23 heavy (non-hydrogen) atoms. The molecule has 2 rings (SSSR count). The first kappa shape index (κ1) is 18.2. The average molecular weight is 326 g/mol. The molecule has 2 heterocycles. The van der Waals surface area contributed by atoms with Gasteiger partial charge in [0.1, 0.15) is 0 Å². The molecule has 7 nitrogen and oxygen atoms in total. The van der Waals surface area contributed by atoms with Gasteiger partial charge in [-0.25, -0.2) is 0 Å². The third kappa shape index (κ3) is 5.44. The van der Waals surface area contributed by atoms with E-state index >= 15 is 0 Å². The van der Waals surface area contributed by atoms with E-state index in [2.05, 4.69) is 20.9 Å². The van der Waals surface area contributed by atoms with Crippen LogP contribution in [0.1, 0.15) is 33.6 Å². The zero-order chi connectivity index (χ0) is 17.0. The number of hydrogen-bond acceptors (Lipinski definition) is 5. The van der Waals surface area contributed by atoms with E-state index < -0.39 is 6.10 Å². The minimum absolute atomic E-state index is 0.0222. The number of hydrogen-bond donors (Lipinski definition) is 4. The molecule has 7 heteroatoms. The summed E-state index contributed by atoms with van der Waals surface area (Å²) in [6.07, 6.45) is 0.912. The van der Waals surface area contributed by atoms with E-state index in [1.165, 1.54) is 0 Å². The Bertz CT molecular complexity index is 430. The molecule has 0 aromatic carbocycles. The van der Waals surface area contributed by atoms with Crippen LogP contribution >= 0.6 is 0 Å². The van der Waals surface area contributed by atoms with Gasteiger partial charge in [-0.2, -0.15) is 0 Å². The maximum absolute atomic E-state index is 12.1. The number of aliphatic hydroxyl groups excluding tert-OH is 1. The summed E-state index contributed by atoms with van der Waals surface area (Å²) in [5, 5.41) is 18.4. The Morgan fingerprint density at radius 2 is 2.00 bits per heavy atom. The van der Waals surface area contributed by atoms with Crippen molar-refractivity contribution in [1.82, 2.24) is 20.9 Å². The second-order valence-corrected chi connectivity index (χ2v) is 7.17. The SMILES string of the molecule is CC(C)NC(=O)C1CCN(CC(C)NC(=O)C2CC(O)CN2)C1. The van der Waals surface area contributed by atoms with Crippen LogP contribution in [-0.2, 0) is 9.59 Å². The average Bonchev–Trinajstić information content (AvgIpc) is 3.07. The number of carbonyl (C=O) groups is 2. The lowest BCUT2D eigenvalue weighted by Gasteiger charge is -2.23. The van der Waals surface area contributed by atoms with Crippen LogP contribution in [0.2, 0.25) is 0 Å². The summed E-state index contributed by atoms with van der Waals surface area (Å²) in [4.78, 5) is 26.4. The van der Waals surface area contributed by atoms with Gasteiger partial charge in [-0.3, -0.25) is 9.59 Å². The van der Waals surface area contributed by atoms with E-state index in [9.17, 15) is 14.7 Å². The fourth-order valence-corrected chi connectivity index (χ4v) is 3.31. The van der Waals surface area contributed by atoms with Crippen LogP contribution < -0.4 is 16.0 Å². The van der Waals surface area contributed by atoms with Gasteiger partial charge in [-0.15, -0.1) is 0 Å². The minimum Gasteiger partial charge on any atom is -0.392 e. The fraction of sp³-hybridized carbons (Fsp3) is 0.875. The number of carbonyl (C=O) groups excluding carboxylic acids is 2. The van der Waals surface area contributed by atoms with Crippen molar-refractivity contribution in [2.75, 3.05) is 26.2 Å². The molecule has 2 amide bonds. The molecule has 0 saturated carbocycles. The van der Waals surface area contributed by atoms with E-state index in [1.807, 2.05) is 20.8 Å². The molecule has 0 bridgehead atoms. The van der Waals surface area contributed by atoms with Crippen LogP contribution in [0.3, 0.4) is 0 Å². The number of amides is 2. The summed E-state index contributed by atoms with van der Waals surface area (Å²) in [6, 6.07) is -0.103. The Morgan fingerprint density at radius 3 is 2.61 bits per heavy atom. The quantitative estimate of drug-likeness (QED) is 0.505. The maximum atomic E-state index is 12.1. The second-order valence-electron chi connectivity index (χ2n) is 7.17. The Labute approximate surface area is 138 Å². The van der Waals surface area contributed by atoms with Crippen LogP contribution in [0.25, 0.3) is 0 Å². The summed E-state index contributed by atoms with van der Waals surface area (Å²) < 4.78 is 0. The van der Waals surface area contributed by atoms with Gasteiger partial charge in [0.25, 0.3) is 0 Å². The molecule has 0 aliphatic carbocycles. The van der Waals surface area contributed by atoms with Gasteiger partial charge >= 0.3 is 0 Å². The first-order chi connectivity index (χ1) is 10.8. The lowest BCUT2D eigenvalue weighted by molar-refractivity contribution is -0.125. The summed E-state index contributed by atoms with van der Waals surface area (Å²) in [5.41, 5.74) is 0. The molecule has 4 atom stereocenters. The van der Waals surface area contributed by atoms with E-state index in [1.54, 1.807) is 0 Å². The van der Waals surface area contributed by atoms with Gasteiger partial charge in [0.2, 0.25) is 11.8 Å². The molecule has 132 valence electrons. The highest BCUT2D eigenvalue weighted by molar-refractivity contribution is 5.82. The molecule has 2 saturated heterocycles. The van der Waals surface area contributed by atoms with Crippen molar-refractivity contribution in [2.24, 2.45) is 5.92 Å². The number of nitrogens with one attached hydrogen (secondary N) is 3. The van der Waals surface area contributed by atoms with Crippen molar-refractivity contribution < 1.29 is 14.7 Å². The first-order valence-electron chi connectivity index (χ1n) is 8.59. The number of nitrogens with zero attached hydrogens (tertiary/aromatic N) is 1. The van der Waals surface area contributed by atoms with Crippen molar-refractivity contribution in [2.45, 2.75) is 57.8 Å². The van der Waals surface area contributed by atoms with Gasteiger partial charge in [-0.05, 0) is 40.2 Å². The summed E-state index contributed by atoms with van der Waals surface area (Å²) >= 11 is 0. The van der Waals surface area contributed by atoms with Gasteiger partial charge in [0.05, 0.1) is 18.1 Å². The monoisotopic (exact) mass is 326 g/mol. The standard InChI is InChI=1S/C16H30N4O3/c1-10(2)18-15(22)12-4-5-20(9-12)8-11(3)19-16(23)14-6-13(21)7-17-14/h10-14,17,21H,4-9H2,1-3H3,(H,18,22)(H,19,23). The zero-order valence-electron chi connectivity index (χ0n) is 14.3. The molecule has 2 fully saturated rings. The van der Waals surface area contributed by atoms with Crippen LogP contribution in [0, 0.1) is 5.92 Å². The second kappa shape index (κ2) is 8.08. The number of rotatable bonds is 6. The Kier molecular flexibility index (Phi) is 6.38. The zero-order valence-corrected chi connectivity index (χ0v) is 14.3. The van der Waals surface area contributed by atoms with Gasteiger partial charge < -0.3 is 26.0 Å². The van der Waals surface area contributed by atoms with Crippen LogP contribution in [0.4, 0.5) is 0 Å². The Morgan fingerprint density at radius 1 is 1.26 bits per heavy atom. The van der Waals surface area contributed by atoms with E-state index in [0.717, 1.165) is 26.1 Å². The highest BCUT2D eigenvalue weighted by Gasteiger charge is 2.31. The third-order valence-electron chi connectivity index (χ3n) is 4.42. The highest BCUT2D eigenvalue weighted by Crippen LogP contribution is 2.17. The normalized spacial score (nSPS) is 29.7. The molecule has 0 aromatic rings. The van der Waals surface area contributed by atoms with Crippen molar-refractivity contribution in [3.05, 3.63) is 0 Å². The van der Waals surface area contributed by atoms with Crippen LogP contribution in [-0.4, -0.2) is 72.2 Å². The minimum atomic E-state index is -0.431. The molecule has 2 aliphatic heterocycles. The fourth-order valence-electron chi connectivity index (χ4n) is 3.31. The summed E-state index contributed by atoms with van der Waals surface area (Å²) in [6.45, 7) is 8.77. The predicted molar refractivity (Wildman–Crippen MR) is 87.8 cm³/mol. The van der Waals surface area contributed by atoms with Crippen LogP contribution in [0.5, 0.6) is 0 Å². The highest BCUT2D eigenvalue weighted by atomic mass is 16.3. The third-order valence-corrected chi connectivity index (χ3v) is 4.42. The van der Waals surface area contributed by atoms with E-state index in [4.69, 9.17) is 0 Å². The lowest BCUT2D eigenvalue weighted by atomic mass is 10.1. The Balaban J connectivity index is 1.70. The molecule has 4 unspecified atom stereocenters. The number of β-amino-alcohol motifs (C(OH)–C–C–N with tert-alkyl or cyclic N) is 1. The van der Waals surface area contributed by atoms with Crippen LogP contribution in [0.15, 0.2) is 0 Å². The molecule has 0 radical (unpaired) electrons. The maximum Gasteiger partial charge on any atom is 0.237 e. The smallest absolute Gasteiger partial charge is 0.237 e. The Hall–Kier alpha value is -1.18. The summed E-state index contributed by atoms with van der Waals surface area (Å²) in [7, 11) is 0. The van der Waals surface area contributed by atoms with Crippen molar-refractivity contribution >= 4 is 11.8 Å². The molecular formula is C16H30N4O3. The molecule has 0 aromatic heterocycles. The van der Waals surface area contributed by atoms with Crippen molar-refractivity contribution in [3.63, 3.8) is 0 Å². The molecule has 2 aliphatic rings. The lowest BCUT2D eigenvalue weighted by Crippen LogP contribution is -2.48. The number of aliphatic hydroxyl groups is 1. The van der Waals surface area contributed by atoms with Crippen molar-refractivity contribution in [3.8, 4) is 0 Å². The molecular weight excluding hydrogens is 296 g/mol. The predicted octanol–water partition coefficient (Wildman–Crippen LogP) is -0.940. The van der Waals surface area contributed by atoms with E-state index in [0.29, 0.717) is 13.0 Å². The first-order valence-corrected chi connectivity index (χ1v) is 8.59.